The largest absolute Gasteiger partial charge is 0.356 e. The molecule has 0 fully saturated rings. The molecule has 0 saturated heterocycles. The van der Waals surface area contributed by atoms with E-state index in [1.165, 1.54) is 11.1 Å². The predicted octanol–water partition coefficient (Wildman–Crippen LogP) is 3.17. The molecule has 0 heterocycles. The summed E-state index contributed by atoms with van der Waals surface area (Å²) in [7, 11) is 0. The number of nitrogens with zero attached hydrogens (tertiary/aromatic N) is 1. The number of aryl methyl sites for hydroxylation is 2. The van der Waals surface area contributed by atoms with Crippen LogP contribution in [0.25, 0.3) is 0 Å². The molecule has 0 spiro atoms. The Balaban J connectivity index is 2.07. The standard InChI is InChI=1S/C18H30N2O/c1-4-20(5-2)15-7-14-19-18(21)9-6-8-17-12-10-16(3)11-13-17/h10-13H,4-9,14-15H2,1-3H3,(H,19,21). The Morgan fingerprint density at radius 1 is 1.10 bits per heavy atom. The predicted molar refractivity (Wildman–Crippen MR) is 89.5 cm³/mol. The van der Waals surface area contributed by atoms with Gasteiger partial charge in [0.15, 0.2) is 0 Å². The van der Waals surface area contributed by atoms with Crippen molar-refractivity contribution in [2.75, 3.05) is 26.2 Å². The van der Waals surface area contributed by atoms with Crippen molar-refractivity contribution in [1.29, 1.82) is 0 Å². The van der Waals surface area contributed by atoms with E-state index < -0.39 is 0 Å². The molecule has 3 heteroatoms. The van der Waals surface area contributed by atoms with E-state index in [1.807, 2.05) is 0 Å². The molecule has 0 unspecified atom stereocenters. The first-order valence-corrected chi connectivity index (χ1v) is 8.20. The zero-order chi connectivity index (χ0) is 15.5. The Kier molecular flexibility index (Phi) is 8.76. The Hall–Kier alpha value is -1.35. The van der Waals surface area contributed by atoms with Crippen LogP contribution in [0.1, 0.15) is 44.2 Å². The third kappa shape index (κ3) is 7.86. The molecule has 1 N–H and O–H groups in total. The van der Waals surface area contributed by atoms with Gasteiger partial charge in [-0.05, 0) is 51.4 Å². The molecule has 0 atom stereocenters. The van der Waals surface area contributed by atoms with Crippen LogP contribution in [-0.2, 0) is 11.2 Å². The van der Waals surface area contributed by atoms with Crippen LogP contribution in [0.2, 0.25) is 0 Å². The molecule has 0 saturated carbocycles. The molecule has 0 aliphatic heterocycles. The lowest BCUT2D eigenvalue weighted by molar-refractivity contribution is -0.121. The Labute approximate surface area is 129 Å². The SMILES string of the molecule is CCN(CC)CCCNC(=O)CCCc1ccc(C)cc1. The van der Waals surface area contributed by atoms with E-state index in [0.717, 1.165) is 45.4 Å². The summed E-state index contributed by atoms with van der Waals surface area (Å²) in [4.78, 5) is 14.1. The van der Waals surface area contributed by atoms with Crippen molar-refractivity contribution < 1.29 is 4.79 Å². The molecule has 1 aromatic rings. The van der Waals surface area contributed by atoms with Crippen molar-refractivity contribution in [3.05, 3.63) is 35.4 Å². The average Bonchev–Trinajstić information content (AvgIpc) is 2.49. The van der Waals surface area contributed by atoms with Crippen LogP contribution in [-0.4, -0.2) is 37.0 Å². The average molecular weight is 290 g/mol. The molecule has 0 radical (unpaired) electrons. The van der Waals surface area contributed by atoms with Crippen molar-refractivity contribution in [2.45, 2.75) is 46.5 Å². The minimum atomic E-state index is 0.182. The van der Waals surface area contributed by atoms with Crippen molar-refractivity contribution >= 4 is 5.91 Å². The number of hydrogen-bond donors (Lipinski definition) is 1. The number of rotatable bonds is 10. The lowest BCUT2D eigenvalue weighted by atomic mass is 10.1. The highest BCUT2D eigenvalue weighted by molar-refractivity contribution is 5.75. The minimum absolute atomic E-state index is 0.182. The first-order chi connectivity index (χ1) is 10.2. The van der Waals surface area contributed by atoms with Crippen LogP contribution < -0.4 is 5.32 Å². The van der Waals surface area contributed by atoms with Gasteiger partial charge >= 0.3 is 0 Å². The lowest BCUT2D eigenvalue weighted by Crippen LogP contribution is -2.29. The summed E-state index contributed by atoms with van der Waals surface area (Å²) in [6, 6.07) is 8.56. The number of nitrogens with one attached hydrogen (secondary N) is 1. The highest BCUT2D eigenvalue weighted by Crippen LogP contribution is 2.07. The maximum Gasteiger partial charge on any atom is 0.220 e. The van der Waals surface area contributed by atoms with Crippen LogP contribution in [0.15, 0.2) is 24.3 Å². The smallest absolute Gasteiger partial charge is 0.220 e. The first kappa shape index (κ1) is 17.7. The third-order valence-corrected chi connectivity index (χ3v) is 3.86. The minimum Gasteiger partial charge on any atom is -0.356 e. The zero-order valence-corrected chi connectivity index (χ0v) is 13.8. The first-order valence-electron chi connectivity index (χ1n) is 8.20. The van der Waals surface area contributed by atoms with Gasteiger partial charge in [0.1, 0.15) is 0 Å². The maximum atomic E-state index is 11.7. The molecular weight excluding hydrogens is 260 g/mol. The van der Waals surface area contributed by atoms with E-state index >= 15 is 0 Å². The topological polar surface area (TPSA) is 32.3 Å². The highest BCUT2D eigenvalue weighted by atomic mass is 16.1. The molecule has 0 aliphatic carbocycles. The second kappa shape index (κ2) is 10.4. The number of hydrogen-bond acceptors (Lipinski definition) is 2. The Bertz CT molecular complexity index is 396. The molecule has 0 aromatic heterocycles. The van der Waals surface area contributed by atoms with Gasteiger partial charge < -0.3 is 10.2 Å². The summed E-state index contributed by atoms with van der Waals surface area (Å²) in [6.07, 6.45) is 3.56. The van der Waals surface area contributed by atoms with Crippen LogP contribution >= 0.6 is 0 Å². The summed E-state index contributed by atoms with van der Waals surface area (Å²) in [5.41, 5.74) is 2.60. The molecule has 1 amide bonds. The Morgan fingerprint density at radius 2 is 1.76 bits per heavy atom. The van der Waals surface area contributed by atoms with E-state index in [9.17, 15) is 4.79 Å². The maximum absolute atomic E-state index is 11.7. The van der Waals surface area contributed by atoms with E-state index in [-0.39, 0.29) is 5.91 Å². The lowest BCUT2D eigenvalue weighted by Gasteiger charge is -2.17. The second-order valence-corrected chi connectivity index (χ2v) is 5.57. The van der Waals surface area contributed by atoms with Crippen LogP contribution in [0.4, 0.5) is 0 Å². The number of carbonyl (C=O) groups excluding carboxylic acids is 1. The van der Waals surface area contributed by atoms with Crippen LogP contribution in [0.5, 0.6) is 0 Å². The van der Waals surface area contributed by atoms with Crippen molar-refractivity contribution in [1.82, 2.24) is 10.2 Å². The van der Waals surface area contributed by atoms with Gasteiger partial charge in [-0.2, -0.15) is 0 Å². The van der Waals surface area contributed by atoms with Crippen molar-refractivity contribution in [3.63, 3.8) is 0 Å². The van der Waals surface area contributed by atoms with E-state index in [1.54, 1.807) is 0 Å². The fraction of sp³-hybridized carbons (Fsp3) is 0.611. The summed E-state index contributed by atoms with van der Waals surface area (Å²) in [5, 5.41) is 3.02. The van der Waals surface area contributed by atoms with Gasteiger partial charge in [0.05, 0.1) is 0 Å². The quantitative estimate of drug-likeness (QED) is 0.671. The highest BCUT2D eigenvalue weighted by Gasteiger charge is 2.02. The van der Waals surface area contributed by atoms with Crippen LogP contribution in [0, 0.1) is 6.92 Å². The summed E-state index contributed by atoms with van der Waals surface area (Å²) >= 11 is 0. The van der Waals surface area contributed by atoms with Crippen LogP contribution in [0.3, 0.4) is 0 Å². The van der Waals surface area contributed by atoms with Crippen molar-refractivity contribution in [3.8, 4) is 0 Å². The van der Waals surface area contributed by atoms with Gasteiger partial charge in [-0.15, -0.1) is 0 Å². The van der Waals surface area contributed by atoms with Crippen molar-refractivity contribution in [2.24, 2.45) is 0 Å². The fourth-order valence-corrected chi connectivity index (χ4v) is 2.37. The molecular formula is C18H30N2O. The van der Waals surface area contributed by atoms with Gasteiger partial charge in [0.25, 0.3) is 0 Å². The van der Waals surface area contributed by atoms with Gasteiger partial charge in [-0.1, -0.05) is 43.7 Å². The van der Waals surface area contributed by atoms with E-state index in [0.29, 0.717) is 6.42 Å². The normalized spacial score (nSPS) is 10.9. The number of amides is 1. The fourth-order valence-electron chi connectivity index (χ4n) is 2.37. The summed E-state index contributed by atoms with van der Waals surface area (Å²) < 4.78 is 0. The molecule has 0 aliphatic rings. The zero-order valence-electron chi connectivity index (χ0n) is 13.8. The molecule has 0 bridgehead atoms. The number of benzene rings is 1. The molecule has 1 aromatic carbocycles. The molecule has 118 valence electrons. The molecule has 1 rings (SSSR count). The summed E-state index contributed by atoms with van der Waals surface area (Å²) in [5.74, 6) is 0.182. The van der Waals surface area contributed by atoms with E-state index in [4.69, 9.17) is 0 Å². The van der Waals surface area contributed by atoms with Gasteiger partial charge in [0, 0.05) is 13.0 Å². The monoisotopic (exact) mass is 290 g/mol. The second-order valence-electron chi connectivity index (χ2n) is 5.57. The van der Waals surface area contributed by atoms with Gasteiger partial charge in [0.2, 0.25) is 5.91 Å². The third-order valence-electron chi connectivity index (χ3n) is 3.86. The Morgan fingerprint density at radius 3 is 2.38 bits per heavy atom. The molecule has 3 nitrogen and oxygen atoms in total. The molecule has 21 heavy (non-hydrogen) atoms. The summed E-state index contributed by atoms with van der Waals surface area (Å²) in [6.45, 7) is 10.5. The van der Waals surface area contributed by atoms with Gasteiger partial charge in [-0.3, -0.25) is 4.79 Å². The van der Waals surface area contributed by atoms with Gasteiger partial charge in [-0.25, -0.2) is 0 Å². The number of carbonyl (C=O) groups is 1. The van der Waals surface area contributed by atoms with E-state index in [2.05, 4.69) is 55.3 Å².